The van der Waals surface area contributed by atoms with Crippen LogP contribution in [-0.2, 0) is 0 Å². The Morgan fingerprint density at radius 1 is 1.06 bits per heavy atom. The summed E-state index contributed by atoms with van der Waals surface area (Å²) in [5.74, 6) is 1.08. The van der Waals surface area contributed by atoms with Crippen molar-refractivity contribution in [3.63, 3.8) is 0 Å². The van der Waals surface area contributed by atoms with Crippen molar-refractivity contribution in [1.29, 1.82) is 0 Å². The van der Waals surface area contributed by atoms with Gasteiger partial charge in [-0.15, -0.1) is 0 Å². The molecule has 0 bridgehead atoms. The number of hydrogen-bond acceptors (Lipinski definition) is 5. The maximum atomic E-state index is 15.4. The zero-order chi connectivity index (χ0) is 22.5. The summed E-state index contributed by atoms with van der Waals surface area (Å²) in [5, 5.41) is 0.656. The molecule has 1 aliphatic carbocycles. The SMILES string of the molecule is C[C@@H]1CCN(c2cccc(C(=O)c3c[nH]c4ncc(-c5cnc(C6CC6)nc5)cc34)c2F)C1. The molecule has 6 nitrogen and oxygen atoms in total. The molecule has 0 radical (unpaired) electrons. The minimum atomic E-state index is -0.459. The number of aromatic nitrogens is 4. The number of carbonyl (C=O) groups is 1. The predicted octanol–water partition coefficient (Wildman–Crippen LogP) is 5.11. The molecule has 1 aromatic carbocycles. The summed E-state index contributed by atoms with van der Waals surface area (Å²) in [5.41, 5.74) is 3.22. The molecular weight excluding hydrogens is 417 g/mol. The zero-order valence-electron chi connectivity index (χ0n) is 18.4. The molecule has 6 rings (SSSR count). The van der Waals surface area contributed by atoms with E-state index in [1.165, 1.54) is 0 Å². The van der Waals surface area contributed by atoms with Crippen LogP contribution in [0, 0.1) is 11.7 Å². The third kappa shape index (κ3) is 3.57. The van der Waals surface area contributed by atoms with E-state index < -0.39 is 5.82 Å². The lowest BCUT2D eigenvalue weighted by molar-refractivity contribution is 0.103. The minimum absolute atomic E-state index is 0.0791. The average Bonchev–Trinajstić information content (AvgIpc) is 3.47. The van der Waals surface area contributed by atoms with Gasteiger partial charge in [0.1, 0.15) is 11.5 Å². The summed E-state index contributed by atoms with van der Waals surface area (Å²) >= 11 is 0. The highest BCUT2D eigenvalue weighted by molar-refractivity contribution is 6.16. The van der Waals surface area contributed by atoms with Crippen molar-refractivity contribution in [2.45, 2.75) is 32.1 Å². The molecule has 4 aromatic rings. The second kappa shape index (κ2) is 7.76. The number of halogens is 1. The molecule has 1 saturated carbocycles. The number of rotatable bonds is 5. The first kappa shape index (κ1) is 20.0. The van der Waals surface area contributed by atoms with Crippen molar-refractivity contribution < 1.29 is 9.18 Å². The quantitative estimate of drug-likeness (QED) is 0.436. The Morgan fingerprint density at radius 3 is 2.58 bits per heavy atom. The second-order valence-electron chi connectivity index (χ2n) is 9.23. The van der Waals surface area contributed by atoms with E-state index in [0.29, 0.717) is 34.1 Å². The first-order chi connectivity index (χ1) is 16.1. The number of hydrogen-bond donors (Lipinski definition) is 1. The van der Waals surface area contributed by atoms with Gasteiger partial charge < -0.3 is 9.88 Å². The van der Waals surface area contributed by atoms with Gasteiger partial charge in [-0.25, -0.2) is 19.3 Å². The molecule has 0 amide bonds. The molecule has 7 heteroatoms. The van der Waals surface area contributed by atoms with Gasteiger partial charge in [-0.05, 0) is 43.4 Å². The molecular formula is C26H24FN5O. The zero-order valence-corrected chi connectivity index (χ0v) is 18.4. The normalized spacial score (nSPS) is 18.2. The van der Waals surface area contributed by atoms with Crippen molar-refractivity contribution in [1.82, 2.24) is 19.9 Å². The van der Waals surface area contributed by atoms with E-state index in [-0.39, 0.29) is 11.3 Å². The van der Waals surface area contributed by atoms with Crippen LogP contribution in [-0.4, -0.2) is 38.8 Å². The highest BCUT2D eigenvalue weighted by atomic mass is 19.1. The van der Waals surface area contributed by atoms with Crippen LogP contribution < -0.4 is 4.90 Å². The molecule has 1 atom stereocenters. The number of pyridine rings is 1. The molecule has 1 saturated heterocycles. The molecule has 0 unspecified atom stereocenters. The Bertz CT molecular complexity index is 1360. The lowest BCUT2D eigenvalue weighted by atomic mass is 10.0. The molecule has 0 spiro atoms. The fourth-order valence-corrected chi connectivity index (χ4v) is 4.63. The lowest BCUT2D eigenvalue weighted by Crippen LogP contribution is -2.21. The summed E-state index contributed by atoms with van der Waals surface area (Å²) in [7, 11) is 0. The molecule has 2 fully saturated rings. The van der Waals surface area contributed by atoms with E-state index in [2.05, 4.69) is 26.9 Å². The van der Waals surface area contributed by atoms with Crippen molar-refractivity contribution >= 4 is 22.5 Å². The number of carbonyl (C=O) groups excluding carboxylic acids is 1. The molecule has 1 aliphatic heterocycles. The fourth-order valence-electron chi connectivity index (χ4n) is 4.63. The van der Waals surface area contributed by atoms with Crippen molar-refractivity contribution in [2.24, 2.45) is 5.92 Å². The molecule has 4 heterocycles. The van der Waals surface area contributed by atoms with Crippen LogP contribution in [0.2, 0.25) is 0 Å². The van der Waals surface area contributed by atoms with Crippen LogP contribution in [0.4, 0.5) is 10.1 Å². The first-order valence-corrected chi connectivity index (χ1v) is 11.5. The Hall–Kier alpha value is -3.61. The van der Waals surface area contributed by atoms with Crippen LogP contribution in [0.25, 0.3) is 22.2 Å². The predicted molar refractivity (Wildman–Crippen MR) is 125 cm³/mol. The van der Waals surface area contributed by atoms with E-state index in [0.717, 1.165) is 49.3 Å². The third-order valence-corrected chi connectivity index (χ3v) is 6.71. The van der Waals surface area contributed by atoms with Crippen LogP contribution in [0.3, 0.4) is 0 Å². The summed E-state index contributed by atoms with van der Waals surface area (Å²) in [6.45, 7) is 3.77. The molecule has 166 valence electrons. The average molecular weight is 442 g/mol. The molecule has 2 aliphatic rings. The minimum Gasteiger partial charge on any atom is -0.369 e. The van der Waals surface area contributed by atoms with Gasteiger partial charge in [0.05, 0.1) is 11.3 Å². The van der Waals surface area contributed by atoms with Crippen molar-refractivity contribution in [3.8, 4) is 11.1 Å². The molecule has 3 aromatic heterocycles. The summed E-state index contributed by atoms with van der Waals surface area (Å²) in [4.78, 5) is 31.9. The van der Waals surface area contributed by atoms with Gasteiger partial charge in [-0.3, -0.25) is 4.79 Å². The van der Waals surface area contributed by atoms with E-state index in [9.17, 15) is 4.79 Å². The number of ketones is 1. The fraction of sp³-hybridized carbons (Fsp3) is 0.308. The largest absolute Gasteiger partial charge is 0.369 e. The molecule has 1 N–H and O–H groups in total. The number of nitrogens with zero attached hydrogens (tertiary/aromatic N) is 4. The van der Waals surface area contributed by atoms with Gasteiger partial charge in [0.15, 0.2) is 11.6 Å². The van der Waals surface area contributed by atoms with Gasteiger partial charge in [0.2, 0.25) is 0 Å². The standard InChI is InChI=1S/C26H24FN5O/c1-15-7-8-32(14-15)22-4-2-3-19(23(22)27)24(33)21-13-31-26-20(21)9-17(10-30-26)18-11-28-25(29-12-18)16-5-6-16/h2-4,9-13,15-16H,5-8,14H2,1H3,(H,30,31)/t15-/m1/s1. The monoisotopic (exact) mass is 441 g/mol. The maximum absolute atomic E-state index is 15.4. The Kier molecular flexibility index (Phi) is 4.71. The van der Waals surface area contributed by atoms with Crippen molar-refractivity contribution in [3.05, 3.63) is 71.8 Å². The van der Waals surface area contributed by atoms with Gasteiger partial charge in [0.25, 0.3) is 0 Å². The Morgan fingerprint density at radius 2 is 1.85 bits per heavy atom. The van der Waals surface area contributed by atoms with E-state index in [1.54, 1.807) is 43.0 Å². The number of anilines is 1. The highest BCUT2D eigenvalue weighted by Crippen LogP contribution is 2.38. The van der Waals surface area contributed by atoms with Gasteiger partial charge in [-0.1, -0.05) is 13.0 Å². The molecule has 33 heavy (non-hydrogen) atoms. The lowest BCUT2D eigenvalue weighted by Gasteiger charge is -2.20. The van der Waals surface area contributed by atoms with Crippen molar-refractivity contribution in [2.75, 3.05) is 18.0 Å². The number of fused-ring (bicyclic) bond motifs is 1. The Labute approximate surface area is 190 Å². The number of aromatic amines is 1. The first-order valence-electron chi connectivity index (χ1n) is 11.5. The van der Waals surface area contributed by atoms with Crippen LogP contribution >= 0.6 is 0 Å². The summed E-state index contributed by atoms with van der Waals surface area (Å²) < 4.78 is 15.4. The Balaban J connectivity index is 1.35. The second-order valence-corrected chi connectivity index (χ2v) is 9.23. The van der Waals surface area contributed by atoms with Gasteiger partial charge in [0, 0.05) is 65.9 Å². The highest BCUT2D eigenvalue weighted by Gasteiger charge is 2.27. The number of nitrogens with one attached hydrogen (secondary N) is 1. The topological polar surface area (TPSA) is 74.8 Å². The van der Waals surface area contributed by atoms with E-state index in [4.69, 9.17) is 0 Å². The van der Waals surface area contributed by atoms with Crippen LogP contribution in [0.15, 0.2) is 49.1 Å². The summed E-state index contributed by atoms with van der Waals surface area (Å²) in [6.07, 6.45) is 10.3. The van der Waals surface area contributed by atoms with E-state index >= 15 is 4.39 Å². The number of H-pyrrole nitrogens is 1. The van der Waals surface area contributed by atoms with Gasteiger partial charge >= 0.3 is 0 Å². The van der Waals surface area contributed by atoms with Crippen LogP contribution in [0.1, 0.15) is 53.8 Å². The smallest absolute Gasteiger partial charge is 0.198 e. The number of benzene rings is 1. The third-order valence-electron chi connectivity index (χ3n) is 6.71. The van der Waals surface area contributed by atoms with Crippen LogP contribution in [0.5, 0.6) is 0 Å². The van der Waals surface area contributed by atoms with E-state index in [1.807, 2.05) is 11.0 Å². The maximum Gasteiger partial charge on any atom is 0.198 e. The van der Waals surface area contributed by atoms with Gasteiger partial charge in [-0.2, -0.15) is 0 Å². The summed E-state index contributed by atoms with van der Waals surface area (Å²) in [6, 6.07) is 6.96.